The Morgan fingerprint density at radius 3 is 2.76 bits per heavy atom. The van der Waals surface area contributed by atoms with Crippen molar-refractivity contribution in [3.8, 4) is 0 Å². The molecule has 2 N–H and O–H groups in total. The van der Waals surface area contributed by atoms with E-state index in [0.717, 1.165) is 57.1 Å². The van der Waals surface area contributed by atoms with E-state index in [0.29, 0.717) is 0 Å². The summed E-state index contributed by atoms with van der Waals surface area (Å²) in [7, 11) is 2.14. The summed E-state index contributed by atoms with van der Waals surface area (Å²) in [6.07, 6.45) is 3.73. The molecule has 21 heavy (non-hydrogen) atoms. The molecule has 0 saturated carbocycles. The molecule has 1 unspecified atom stereocenters. The Bertz CT molecular complexity index is 475. The van der Waals surface area contributed by atoms with Crippen LogP contribution in [-0.4, -0.2) is 61.6 Å². The Morgan fingerprint density at radius 2 is 2.14 bits per heavy atom. The summed E-state index contributed by atoms with van der Waals surface area (Å²) in [4.78, 5) is 21.1. The van der Waals surface area contributed by atoms with E-state index in [1.807, 2.05) is 12.1 Å². The van der Waals surface area contributed by atoms with Crippen molar-refractivity contribution in [2.45, 2.75) is 18.9 Å². The van der Waals surface area contributed by atoms with Crippen LogP contribution < -0.4 is 15.5 Å². The number of carbonyl (C=O) groups is 1. The minimum Gasteiger partial charge on any atom is -0.354 e. The number of pyridine rings is 1. The van der Waals surface area contributed by atoms with Gasteiger partial charge in [0.25, 0.3) is 0 Å². The quantitative estimate of drug-likeness (QED) is 0.850. The highest BCUT2D eigenvalue weighted by molar-refractivity contribution is 5.94. The van der Waals surface area contributed by atoms with Crippen molar-refractivity contribution in [2.75, 3.05) is 50.0 Å². The minimum atomic E-state index is -0.0534. The molecule has 2 aliphatic rings. The van der Waals surface area contributed by atoms with Crippen molar-refractivity contribution in [3.63, 3.8) is 0 Å². The van der Waals surface area contributed by atoms with Gasteiger partial charge in [-0.05, 0) is 38.6 Å². The number of anilines is 2. The van der Waals surface area contributed by atoms with Crippen LogP contribution in [0.15, 0.2) is 18.3 Å². The zero-order valence-corrected chi connectivity index (χ0v) is 12.5. The second-order valence-corrected chi connectivity index (χ2v) is 5.83. The van der Waals surface area contributed by atoms with Gasteiger partial charge in [-0.25, -0.2) is 4.98 Å². The highest BCUT2D eigenvalue weighted by atomic mass is 16.2. The molecule has 3 rings (SSSR count). The van der Waals surface area contributed by atoms with E-state index in [9.17, 15) is 4.79 Å². The van der Waals surface area contributed by atoms with Crippen LogP contribution in [0.5, 0.6) is 0 Å². The molecule has 0 aliphatic carbocycles. The first kappa shape index (κ1) is 14.3. The lowest BCUT2D eigenvalue weighted by molar-refractivity contribution is -0.117. The number of likely N-dealkylation sites (N-methyl/N-ethyl adjacent to an activating group) is 1. The van der Waals surface area contributed by atoms with E-state index in [1.165, 1.54) is 0 Å². The third kappa shape index (κ3) is 3.51. The van der Waals surface area contributed by atoms with Gasteiger partial charge in [0.1, 0.15) is 5.82 Å². The molecule has 2 fully saturated rings. The van der Waals surface area contributed by atoms with Gasteiger partial charge in [0.2, 0.25) is 5.91 Å². The molecule has 0 spiro atoms. The SMILES string of the molecule is CN1CCN(c2ccc(NC(=O)C3CCCN3)cn2)CC1. The molecule has 2 aliphatic heterocycles. The second kappa shape index (κ2) is 6.41. The highest BCUT2D eigenvalue weighted by Gasteiger charge is 2.22. The maximum atomic E-state index is 12.0. The average molecular weight is 289 g/mol. The molecule has 0 bridgehead atoms. The number of nitrogens with zero attached hydrogens (tertiary/aromatic N) is 3. The Kier molecular flexibility index (Phi) is 4.36. The molecule has 2 saturated heterocycles. The first-order valence-electron chi connectivity index (χ1n) is 7.66. The van der Waals surface area contributed by atoms with E-state index in [2.05, 4.69) is 32.5 Å². The Balaban J connectivity index is 1.57. The van der Waals surface area contributed by atoms with E-state index < -0.39 is 0 Å². The summed E-state index contributed by atoms with van der Waals surface area (Å²) in [5, 5.41) is 6.13. The molecular formula is C15H23N5O. The summed E-state index contributed by atoms with van der Waals surface area (Å²) < 4.78 is 0. The van der Waals surface area contributed by atoms with Crippen LogP contribution in [-0.2, 0) is 4.79 Å². The van der Waals surface area contributed by atoms with Crippen molar-refractivity contribution >= 4 is 17.4 Å². The summed E-state index contributed by atoms with van der Waals surface area (Å²) in [5.41, 5.74) is 0.770. The van der Waals surface area contributed by atoms with Crippen LogP contribution in [0, 0.1) is 0 Å². The molecule has 6 heteroatoms. The van der Waals surface area contributed by atoms with Crippen LogP contribution >= 0.6 is 0 Å². The molecule has 1 aromatic heterocycles. The fourth-order valence-electron chi connectivity index (χ4n) is 2.82. The topological polar surface area (TPSA) is 60.5 Å². The number of rotatable bonds is 3. The van der Waals surface area contributed by atoms with Crippen molar-refractivity contribution in [1.29, 1.82) is 0 Å². The summed E-state index contributed by atoms with van der Waals surface area (Å²) in [6.45, 7) is 5.06. The Hall–Kier alpha value is -1.66. The largest absolute Gasteiger partial charge is 0.354 e. The van der Waals surface area contributed by atoms with Gasteiger partial charge in [0.05, 0.1) is 17.9 Å². The maximum absolute atomic E-state index is 12.0. The molecule has 6 nitrogen and oxygen atoms in total. The zero-order chi connectivity index (χ0) is 14.7. The minimum absolute atomic E-state index is 0.0432. The first-order chi connectivity index (χ1) is 10.2. The van der Waals surface area contributed by atoms with E-state index >= 15 is 0 Å². The first-order valence-corrected chi connectivity index (χ1v) is 7.66. The lowest BCUT2D eigenvalue weighted by Crippen LogP contribution is -2.44. The second-order valence-electron chi connectivity index (χ2n) is 5.83. The fraction of sp³-hybridized carbons (Fsp3) is 0.600. The van der Waals surface area contributed by atoms with Gasteiger partial charge < -0.3 is 20.4 Å². The van der Waals surface area contributed by atoms with Gasteiger partial charge >= 0.3 is 0 Å². The molecule has 114 valence electrons. The summed E-state index contributed by atoms with van der Waals surface area (Å²) in [5.74, 6) is 1.03. The molecule has 0 radical (unpaired) electrons. The van der Waals surface area contributed by atoms with Crippen molar-refractivity contribution in [1.82, 2.24) is 15.2 Å². The van der Waals surface area contributed by atoms with Crippen molar-refractivity contribution < 1.29 is 4.79 Å². The van der Waals surface area contributed by atoms with Crippen LogP contribution in [0.25, 0.3) is 0 Å². The lowest BCUT2D eigenvalue weighted by atomic mass is 10.2. The number of hydrogen-bond donors (Lipinski definition) is 2. The van der Waals surface area contributed by atoms with Gasteiger partial charge in [0, 0.05) is 26.2 Å². The molecule has 1 amide bonds. The maximum Gasteiger partial charge on any atom is 0.241 e. The third-order valence-corrected chi connectivity index (χ3v) is 4.22. The lowest BCUT2D eigenvalue weighted by Gasteiger charge is -2.33. The normalized spacial score (nSPS) is 23.3. The highest BCUT2D eigenvalue weighted by Crippen LogP contribution is 2.16. The Morgan fingerprint density at radius 1 is 1.33 bits per heavy atom. The third-order valence-electron chi connectivity index (χ3n) is 4.22. The van der Waals surface area contributed by atoms with E-state index in [1.54, 1.807) is 6.20 Å². The average Bonchev–Trinajstić information content (AvgIpc) is 3.03. The zero-order valence-electron chi connectivity index (χ0n) is 12.5. The number of piperazine rings is 1. The van der Waals surface area contributed by atoms with E-state index in [-0.39, 0.29) is 11.9 Å². The smallest absolute Gasteiger partial charge is 0.241 e. The standard InChI is InChI=1S/C15H23N5O/c1-19-7-9-20(10-8-19)14-5-4-12(11-17-14)18-15(21)13-3-2-6-16-13/h4-5,11,13,16H,2-3,6-10H2,1H3,(H,18,21). The molecule has 3 heterocycles. The van der Waals surface area contributed by atoms with Crippen LogP contribution in [0.3, 0.4) is 0 Å². The number of hydrogen-bond acceptors (Lipinski definition) is 5. The Labute approximate surface area is 125 Å². The predicted molar refractivity (Wildman–Crippen MR) is 83.6 cm³/mol. The van der Waals surface area contributed by atoms with Crippen molar-refractivity contribution in [3.05, 3.63) is 18.3 Å². The molecule has 1 atom stereocenters. The molecular weight excluding hydrogens is 266 g/mol. The number of amides is 1. The predicted octanol–water partition coefficient (Wildman–Crippen LogP) is 0.524. The van der Waals surface area contributed by atoms with Gasteiger partial charge in [0.15, 0.2) is 0 Å². The van der Waals surface area contributed by atoms with Crippen molar-refractivity contribution in [2.24, 2.45) is 0 Å². The van der Waals surface area contributed by atoms with Gasteiger partial charge in [-0.1, -0.05) is 0 Å². The van der Waals surface area contributed by atoms with Gasteiger partial charge in [-0.2, -0.15) is 0 Å². The summed E-state index contributed by atoms with van der Waals surface area (Å²) in [6, 6.07) is 3.87. The van der Waals surface area contributed by atoms with E-state index in [4.69, 9.17) is 0 Å². The number of aromatic nitrogens is 1. The van der Waals surface area contributed by atoms with Gasteiger partial charge in [-0.3, -0.25) is 4.79 Å². The van der Waals surface area contributed by atoms with Crippen LogP contribution in [0.1, 0.15) is 12.8 Å². The van der Waals surface area contributed by atoms with Crippen LogP contribution in [0.2, 0.25) is 0 Å². The number of carbonyl (C=O) groups excluding carboxylic acids is 1. The monoisotopic (exact) mass is 289 g/mol. The molecule has 1 aromatic rings. The fourth-order valence-corrected chi connectivity index (χ4v) is 2.82. The number of nitrogens with one attached hydrogen (secondary N) is 2. The van der Waals surface area contributed by atoms with Crippen LogP contribution in [0.4, 0.5) is 11.5 Å². The summed E-state index contributed by atoms with van der Waals surface area (Å²) >= 11 is 0. The van der Waals surface area contributed by atoms with Gasteiger partial charge in [-0.15, -0.1) is 0 Å². The molecule has 0 aromatic carbocycles.